The zero-order chi connectivity index (χ0) is 13.3. The zero-order valence-corrected chi connectivity index (χ0v) is 7.90. The van der Waals surface area contributed by atoms with E-state index >= 15 is 0 Å². The smallest absolute Gasteiger partial charge is 0.237 e. The number of para-hydroxylation sites is 1. The van der Waals surface area contributed by atoms with E-state index in [1.807, 2.05) is 0 Å². The first kappa shape index (κ1) is 13.5. The third-order valence-electron chi connectivity index (χ3n) is 1.62. The molecule has 0 spiro atoms. The number of hydrogen-bond acceptors (Lipinski definition) is 1. The fourth-order valence-corrected chi connectivity index (χ4v) is 0.950. The van der Waals surface area contributed by atoms with Crippen LogP contribution in [-0.4, -0.2) is 18.1 Å². The van der Waals surface area contributed by atoms with Crippen LogP contribution in [-0.2, 0) is 0 Å². The van der Waals surface area contributed by atoms with E-state index < -0.39 is 29.6 Å². The second-order valence-corrected chi connectivity index (χ2v) is 2.91. The summed E-state index contributed by atoms with van der Waals surface area (Å²) >= 11 is 0. The average molecular weight is 259 g/mol. The molecule has 0 radical (unpaired) electrons. The van der Waals surface area contributed by atoms with Crippen molar-refractivity contribution in [3.63, 3.8) is 0 Å². The minimum absolute atomic E-state index is 0.712. The summed E-state index contributed by atoms with van der Waals surface area (Å²) in [4.78, 5) is 2.29. The molecule has 0 saturated heterocycles. The van der Waals surface area contributed by atoms with E-state index in [1.165, 1.54) is 0 Å². The molecule has 94 valence electrons. The molecule has 0 heterocycles. The molecule has 0 aliphatic rings. The van der Waals surface area contributed by atoms with Crippen molar-refractivity contribution in [3.05, 3.63) is 30.1 Å². The molecule has 0 bridgehead atoms. The fraction of sp³-hybridized carbons (Fsp3) is 0.222. The molecule has 0 unspecified atom stereocenters. The fourth-order valence-electron chi connectivity index (χ4n) is 0.950. The number of hydrogen-bond donors (Lipinski definition) is 0. The van der Waals surface area contributed by atoms with Crippen LogP contribution in [0.25, 0.3) is 0 Å². The molecule has 1 nitrogen and oxygen atoms in total. The van der Waals surface area contributed by atoms with Crippen LogP contribution in [0.3, 0.4) is 0 Å². The van der Waals surface area contributed by atoms with E-state index in [0.29, 0.717) is 12.1 Å². The SMILES string of the molecule is Fc1ccccc1N=C(C(F)(F)F)C(F)(F)F. The van der Waals surface area contributed by atoms with Crippen LogP contribution < -0.4 is 0 Å². The maximum atomic E-state index is 12.9. The predicted molar refractivity (Wildman–Crippen MR) is 45.6 cm³/mol. The molecule has 0 atom stereocenters. The quantitative estimate of drug-likeness (QED) is 0.533. The second-order valence-electron chi connectivity index (χ2n) is 2.91. The molecule has 17 heavy (non-hydrogen) atoms. The third-order valence-corrected chi connectivity index (χ3v) is 1.62. The molecule has 8 heteroatoms. The van der Waals surface area contributed by atoms with Crippen LogP contribution in [0, 0.1) is 5.82 Å². The van der Waals surface area contributed by atoms with E-state index in [4.69, 9.17) is 0 Å². The highest BCUT2D eigenvalue weighted by molar-refractivity contribution is 5.96. The summed E-state index contributed by atoms with van der Waals surface area (Å²) in [6, 6.07) is 3.62. The highest BCUT2D eigenvalue weighted by Gasteiger charge is 2.53. The lowest BCUT2D eigenvalue weighted by Gasteiger charge is -2.13. The molecule has 1 rings (SSSR count). The van der Waals surface area contributed by atoms with Gasteiger partial charge in [-0.3, -0.25) is 0 Å². The molecule has 1 aromatic rings. The number of rotatable bonds is 1. The van der Waals surface area contributed by atoms with Gasteiger partial charge < -0.3 is 0 Å². The van der Waals surface area contributed by atoms with E-state index in [0.717, 1.165) is 12.1 Å². The lowest BCUT2D eigenvalue weighted by atomic mass is 10.3. The molecule has 1 aromatic carbocycles. The number of nitrogens with zero attached hydrogens (tertiary/aromatic N) is 1. The van der Waals surface area contributed by atoms with Crippen LogP contribution in [0.15, 0.2) is 29.3 Å². The van der Waals surface area contributed by atoms with Crippen molar-refractivity contribution in [1.82, 2.24) is 0 Å². The van der Waals surface area contributed by atoms with Crippen molar-refractivity contribution in [2.24, 2.45) is 4.99 Å². The van der Waals surface area contributed by atoms with Crippen LogP contribution >= 0.6 is 0 Å². The van der Waals surface area contributed by atoms with Gasteiger partial charge in [0.15, 0.2) is 0 Å². The molecule has 0 amide bonds. The Balaban J connectivity index is 3.30. The lowest BCUT2D eigenvalue weighted by Crippen LogP contribution is -2.36. The molecular formula is C9H4F7N. The number of aliphatic imine (C=N–C) groups is 1. The molecule has 0 aromatic heterocycles. The topological polar surface area (TPSA) is 12.4 Å². The monoisotopic (exact) mass is 259 g/mol. The normalized spacial score (nSPS) is 12.4. The maximum Gasteiger partial charge on any atom is 0.438 e. The number of alkyl halides is 6. The van der Waals surface area contributed by atoms with Gasteiger partial charge in [-0.25, -0.2) is 9.38 Å². The van der Waals surface area contributed by atoms with Crippen molar-refractivity contribution < 1.29 is 30.7 Å². The summed E-state index contributed by atoms with van der Waals surface area (Å²) in [6.45, 7) is 0. The molecule has 0 saturated carbocycles. The van der Waals surface area contributed by atoms with Crippen molar-refractivity contribution in [3.8, 4) is 0 Å². The molecule has 0 fully saturated rings. The average Bonchev–Trinajstić information content (AvgIpc) is 2.12. The Kier molecular flexibility index (Phi) is 3.44. The van der Waals surface area contributed by atoms with Gasteiger partial charge >= 0.3 is 12.4 Å². The van der Waals surface area contributed by atoms with E-state index in [2.05, 4.69) is 4.99 Å². The standard InChI is InChI=1S/C9H4F7N/c10-5-3-1-2-4-6(5)17-7(8(11,12)13)9(14,15)16/h1-4H. The molecule has 0 N–H and O–H groups in total. The molecular weight excluding hydrogens is 255 g/mol. The van der Waals surface area contributed by atoms with E-state index in [9.17, 15) is 30.7 Å². The Bertz CT molecular complexity index is 414. The summed E-state index contributed by atoms with van der Waals surface area (Å²) in [5.41, 5.74) is -4.01. The minimum Gasteiger partial charge on any atom is -0.237 e. The first-order chi connectivity index (χ1) is 7.62. The second kappa shape index (κ2) is 4.34. The first-order valence-electron chi connectivity index (χ1n) is 4.10. The van der Waals surface area contributed by atoms with Crippen molar-refractivity contribution in [1.29, 1.82) is 0 Å². The zero-order valence-electron chi connectivity index (χ0n) is 7.90. The Hall–Kier alpha value is -1.60. The Morgan fingerprint density at radius 2 is 1.35 bits per heavy atom. The van der Waals surface area contributed by atoms with E-state index in [-0.39, 0.29) is 0 Å². The van der Waals surface area contributed by atoms with Gasteiger partial charge in [-0.1, -0.05) is 12.1 Å². The summed E-state index contributed by atoms with van der Waals surface area (Å²) in [5.74, 6) is -1.27. The summed E-state index contributed by atoms with van der Waals surface area (Å²) in [7, 11) is 0. The van der Waals surface area contributed by atoms with Crippen LogP contribution in [0.2, 0.25) is 0 Å². The van der Waals surface area contributed by atoms with Crippen LogP contribution in [0.5, 0.6) is 0 Å². The lowest BCUT2D eigenvalue weighted by molar-refractivity contribution is -0.117. The van der Waals surface area contributed by atoms with Gasteiger partial charge in [-0.05, 0) is 12.1 Å². The van der Waals surface area contributed by atoms with Gasteiger partial charge in [0.1, 0.15) is 5.82 Å². The first-order valence-corrected chi connectivity index (χ1v) is 4.10. The molecule has 0 aliphatic carbocycles. The minimum atomic E-state index is -5.69. The number of benzene rings is 1. The van der Waals surface area contributed by atoms with Crippen molar-refractivity contribution in [2.45, 2.75) is 12.4 Å². The van der Waals surface area contributed by atoms with E-state index in [1.54, 1.807) is 0 Å². The van der Waals surface area contributed by atoms with Gasteiger partial charge in [-0.2, -0.15) is 26.3 Å². The van der Waals surface area contributed by atoms with Gasteiger partial charge in [0.2, 0.25) is 5.71 Å². The third kappa shape index (κ3) is 3.43. The Morgan fingerprint density at radius 1 is 0.882 bits per heavy atom. The summed E-state index contributed by atoms with van der Waals surface area (Å²) in [5, 5.41) is 0. The molecule has 0 aliphatic heterocycles. The van der Waals surface area contributed by atoms with Gasteiger partial charge in [0, 0.05) is 0 Å². The van der Waals surface area contributed by atoms with Crippen LogP contribution in [0.1, 0.15) is 0 Å². The Morgan fingerprint density at radius 3 is 1.76 bits per heavy atom. The largest absolute Gasteiger partial charge is 0.438 e. The maximum absolute atomic E-state index is 12.9. The van der Waals surface area contributed by atoms with Crippen molar-refractivity contribution in [2.75, 3.05) is 0 Å². The van der Waals surface area contributed by atoms with Gasteiger partial charge in [0.25, 0.3) is 0 Å². The summed E-state index contributed by atoms with van der Waals surface area (Å²) in [6.07, 6.45) is -11.4. The van der Waals surface area contributed by atoms with Gasteiger partial charge in [0.05, 0.1) is 5.69 Å². The highest BCUT2D eigenvalue weighted by atomic mass is 19.4. The predicted octanol–water partition coefficient (Wildman–Crippen LogP) is 4.02. The van der Waals surface area contributed by atoms with Gasteiger partial charge in [-0.15, -0.1) is 0 Å². The van der Waals surface area contributed by atoms with Crippen LogP contribution in [0.4, 0.5) is 36.4 Å². The Labute approximate surface area is 90.6 Å². The number of halogens is 7. The van der Waals surface area contributed by atoms with Crippen molar-refractivity contribution >= 4 is 11.4 Å². The highest BCUT2D eigenvalue weighted by Crippen LogP contribution is 2.32. The summed E-state index contributed by atoms with van der Waals surface area (Å²) < 4.78 is 85.2.